The smallest absolute Gasteiger partial charge is 0.133 e. The lowest BCUT2D eigenvalue weighted by Crippen LogP contribution is -2.58. The molecule has 4 aliphatic carbocycles. The third kappa shape index (κ3) is 2.38. The molecule has 0 aromatic rings. The molecule has 4 fully saturated rings. The summed E-state index contributed by atoms with van der Waals surface area (Å²) in [6.07, 6.45) is 16.3. The van der Waals surface area contributed by atoms with Crippen molar-refractivity contribution < 1.29 is 9.53 Å². The van der Waals surface area contributed by atoms with Crippen molar-refractivity contribution in [2.24, 2.45) is 34.5 Å². The fraction of sp³-hybridized carbons (Fsp3) is 0.864. The van der Waals surface area contributed by atoms with Gasteiger partial charge in [0.2, 0.25) is 0 Å². The van der Waals surface area contributed by atoms with Gasteiger partial charge in [-0.05, 0) is 73.0 Å². The molecule has 0 N–H and O–H groups in total. The second kappa shape index (κ2) is 5.87. The third-order valence-electron chi connectivity index (χ3n) is 8.64. The molecule has 2 nitrogen and oxygen atoms in total. The van der Waals surface area contributed by atoms with Crippen molar-refractivity contribution in [1.82, 2.24) is 0 Å². The summed E-state index contributed by atoms with van der Waals surface area (Å²) >= 11 is 0. The van der Waals surface area contributed by atoms with Crippen molar-refractivity contribution >= 4 is 5.78 Å². The normalized spacial score (nSPS) is 50.5. The number of carbonyl (C=O) groups is 1. The molecule has 7 atom stereocenters. The van der Waals surface area contributed by atoms with Crippen LogP contribution in [0.1, 0.15) is 71.6 Å². The van der Waals surface area contributed by atoms with E-state index in [1.54, 1.807) is 0 Å². The van der Waals surface area contributed by atoms with Gasteiger partial charge in [-0.1, -0.05) is 26.2 Å². The van der Waals surface area contributed by atoms with Gasteiger partial charge in [0.15, 0.2) is 0 Å². The van der Waals surface area contributed by atoms with Crippen LogP contribution in [0.3, 0.4) is 0 Å². The van der Waals surface area contributed by atoms with Crippen molar-refractivity contribution in [3.8, 4) is 12.3 Å². The molecule has 0 amide bonds. The molecule has 0 heterocycles. The van der Waals surface area contributed by atoms with Crippen LogP contribution >= 0.6 is 0 Å². The van der Waals surface area contributed by atoms with Crippen LogP contribution in [0.15, 0.2) is 0 Å². The summed E-state index contributed by atoms with van der Waals surface area (Å²) in [5.74, 6) is 5.84. The summed E-state index contributed by atoms with van der Waals surface area (Å²) in [6, 6.07) is 0. The van der Waals surface area contributed by atoms with Gasteiger partial charge in [0.25, 0.3) is 0 Å². The van der Waals surface area contributed by atoms with E-state index in [4.69, 9.17) is 11.2 Å². The number of ketones is 1. The lowest BCUT2D eigenvalue weighted by Gasteiger charge is -2.61. The maximum absolute atomic E-state index is 12.1. The van der Waals surface area contributed by atoms with Gasteiger partial charge in [-0.15, -0.1) is 6.42 Å². The number of carbonyl (C=O) groups excluding carboxylic acids is 1. The first-order valence-electron chi connectivity index (χ1n) is 10.0. The summed E-state index contributed by atoms with van der Waals surface area (Å²) in [5, 5.41) is 0. The molecule has 0 aromatic carbocycles. The van der Waals surface area contributed by atoms with Crippen LogP contribution in [-0.4, -0.2) is 18.5 Å². The third-order valence-corrected chi connectivity index (χ3v) is 8.64. The molecule has 2 heteroatoms. The molecular weight excluding hydrogens is 296 g/mol. The highest BCUT2D eigenvalue weighted by molar-refractivity contribution is 5.79. The van der Waals surface area contributed by atoms with Crippen LogP contribution in [0.2, 0.25) is 0 Å². The van der Waals surface area contributed by atoms with E-state index >= 15 is 0 Å². The molecular formula is C22H32O2. The Morgan fingerprint density at radius 1 is 1.21 bits per heavy atom. The van der Waals surface area contributed by atoms with Crippen LogP contribution in [0.5, 0.6) is 0 Å². The lowest BCUT2D eigenvalue weighted by molar-refractivity contribution is -0.173. The fourth-order valence-electron chi connectivity index (χ4n) is 7.31. The number of hydrogen-bond acceptors (Lipinski definition) is 2. The van der Waals surface area contributed by atoms with Crippen LogP contribution < -0.4 is 0 Å². The van der Waals surface area contributed by atoms with E-state index in [0.717, 1.165) is 37.5 Å². The predicted octanol–water partition coefficient (Wildman–Crippen LogP) is 4.62. The number of Topliss-reactive ketones (excluding diaryl/α,β-unsaturated/α-hetero) is 1. The number of ether oxygens (including phenoxy) is 1. The second-order valence-electron chi connectivity index (χ2n) is 9.61. The Kier molecular flexibility index (Phi) is 4.07. The molecule has 0 spiro atoms. The Morgan fingerprint density at radius 3 is 2.83 bits per heavy atom. The quantitative estimate of drug-likeness (QED) is 0.692. The zero-order valence-electron chi connectivity index (χ0n) is 15.4. The molecule has 0 radical (unpaired) electrons. The summed E-state index contributed by atoms with van der Waals surface area (Å²) in [5.41, 5.74) is 0.866. The molecule has 4 saturated carbocycles. The van der Waals surface area contributed by atoms with Crippen LogP contribution in [0.4, 0.5) is 0 Å². The molecule has 24 heavy (non-hydrogen) atoms. The topological polar surface area (TPSA) is 26.3 Å². The minimum absolute atomic E-state index is 0.276. The Hall–Kier alpha value is -0.810. The largest absolute Gasteiger partial charge is 0.365 e. The average Bonchev–Trinajstić information content (AvgIpc) is 2.95. The van der Waals surface area contributed by atoms with Crippen molar-refractivity contribution in [3.05, 3.63) is 0 Å². The standard InChI is InChI=1S/C22H32O2/c1-4-12-24-19-14-15-13-16(23)7-11-22(15,3)18-8-10-21(2)9-5-6-17(21)20(18)19/h1,15,17-20H,5-14H2,2-3H3/t15?,17-,18+,19?,20-,21-,22-/m0/s1. The van der Waals surface area contributed by atoms with Gasteiger partial charge in [-0.2, -0.15) is 0 Å². The number of rotatable bonds is 2. The highest BCUT2D eigenvalue weighted by atomic mass is 16.5. The van der Waals surface area contributed by atoms with E-state index < -0.39 is 0 Å². The highest BCUT2D eigenvalue weighted by Crippen LogP contribution is 2.66. The molecule has 132 valence electrons. The van der Waals surface area contributed by atoms with Gasteiger partial charge in [0.1, 0.15) is 12.4 Å². The van der Waals surface area contributed by atoms with Gasteiger partial charge < -0.3 is 4.74 Å². The van der Waals surface area contributed by atoms with Crippen molar-refractivity contribution in [2.45, 2.75) is 77.7 Å². The molecule has 0 bridgehead atoms. The minimum Gasteiger partial charge on any atom is -0.365 e. The zero-order chi connectivity index (χ0) is 16.9. The van der Waals surface area contributed by atoms with E-state index in [1.165, 1.54) is 32.1 Å². The van der Waals surface area contributed by atoms with E-state index in [2.05, 4.69) is 19.8 Å². The molecule has 4 rings (SSSR count). The zero-order valence-corrected chi connectivity index (χ0v) is 15.4. The number of terminal acetylenes is 1. The van der Waals surface area contributed by atoms with Crippen molar-refractivity contribution in [1.29, 1.82) is 0 Å². The van der Waals surface area contributed by atoms with Crippen molar-refractivity contribution in [3.63, 3.8) is 0 Å². The monoisotopic (exact) mass is 328 g/mol. The molecule has 2 unspecified atom stereocenters. The van der Waals surface area contributed by atoms with E-state index in [9.17, 15) is 4.79 Å². The first kappa shape index (κ1) is 16.6. The fourth-order valence-corrected chi connectivity index (χ4v) is 7.31. The van der Waals surface area contributed by atoms with Gasteiger partial charge in [-0.3, -0.25) is 4.79 Å². The van der Waals surface area contributed by atoms with E-state index in [0.29, 0.717) is 35.1 Å². The summed E-state index contributed by atoms with van der Waals surface area (Å²) in [7, 11) is 0. The van der Waals surface area contributed by atoms with E-state index in [-0.39, 0.29) is 6.10 Å². The Morgan fingerprint density at radius 2 is 2.04 bits per heavy atom. The first-order valence-corrected chi connectivity index (χ1v) is 10.0. The molecule has 0 aliphatic heterocycles. The lowest BCUT2D eigenvalue weighted by atomic mass is 9.44. The maximum Gasteiger partial charge on any atom is 0.133 e. The summed E-state index contributed by atoms with van der Waals surface area (Å²) in [6.45, 7) is 5.45. The molecule has 0 aromatic heterocycles. The number of fused-ring (bicyclic) bond motifs is 5. The van der Waals surface area contributed by atoms with Gasteiger partial charge in [-0.25, -0.2) is 0 Å². The summed E-state index contributed by atoms with van der Waals surface area (Å²) in [4.78, 5) is 12.1. The van der Waals surface area contributed by atoms with Gasteiger partial charge >= 0.3 is 0 Å². The van der Waals surface area contributed by atoms with Crippen LogP contribution in [0.25, 0.3) is 0 Å². The average molecular weight is 328 g/mol. The Labute approximate surface area is 147 Å². The molecule has 0 saturated heterocycles. The van der Waals surface area contributed by atoms with Crippen LogP contribution in [-0.2, 0) is 9.53 Å². The Bertz CT molecular complexity index is 561. The molecule has 4 aliphatic rings. The SMILES string of the molecule is C#CCOC1CC2CC(=O)CC[C@]2(C)[C@@H]2CC[C@]3(C)CCC[C@H]3[C@H]12. The van der Waals surface area contributed by atoms with Crippen LogP contribution in [0, 0.1) is 46.8 Å². The Balaban J connectivity index is 1.68. The number of hydrogen-bond donors (Lipinski definition) is 0. The van der Waals surface area contributed by atoms with Gasteiger partial charge in [0.05, 0.1) is 6.10 Å². The maximum atomic E-state index is 12.1. The predicted molar refractivity (Wildman–Crippen MR) is 95.3 cm³/mol. The van der Waals surface area contributed by atoms with Crippen molar-refractivity contribution in [2.75, 3.05) is 6.61 Å². The highest BCUT2D eigenvalue weighted by Gasteiger charge is 2.60. The minimum atomic E-state index is 0.276. The second-order valence-corrected chi connectivity index (χ2v) is 9.61. The first-order chi connectivity index (χ1) is 11.5. The summed E-state index contributed by atoms with van der Waals surface area (Å²) < 4.78 is 6.24. The van der Waals surface area contributed by atoms with Gasteiger partial charge in [0, 0.05) is 12.8 Å². The van der Waals surface area contributed by atoms with E-state index in [1.807, 2.05) is 0 Å².